The maximum atomic E-state index is 13.1. The first kappa shape index (κ1) is 56.6. The van der Waals surface area contributed by atoms with Crippen molar-refractivity contribution in [2.24, 2.45) is 0 Å². The van der Waals surface area contributed by atoms with Gasteiger partial charge in [-0.3, -0.25) is 14.5 Å². The molecule has 0 saturated heterocycles. The SMILES string of the molecule is CN(C)S(=O)(=O)Cl.Cc1cc(C)c(NC(=O)c2sccc2S(=O)(=O)Nc2onc(C)c2Cl)c(C)c1O.Cc1cc(C)c(OCN(C)C)c(C)c1NC(=O)c1sccc1S(=O)(=O)Nc1onc(C)c1Cl. The summed E-state index contributed by atoms with van der Waals surface area (Å²) in [6.07, 6.45) is 0. The van der Waals surface area contributed by atoms with Gasteiger partial charge in [-0.25, -0.2) is 26.3 Å². The Morgan fingerprint density at radius 3 is 1.43 bits per heavy atom. The van der Waals surface area contributed by atoms with E-state index in [0.717, 1.165) is 49.2 Å². The number of hydrogen-bond donors (Lipinski definition) is 5. The number of nitrogens with zero attached hydrogens (tertiary/aromatic N) is 4. The summed E-state index contributed by atoms with van der Waals surface area (Å²) < 4.78 is 92.5. The fraction of sp³-hybridized carbons (Fsp3) is 0.317. The lowest BCUT2D eigenvalue weighted by molar-refractivity contribution is 0.101. The van der Waals surface area contributed by atoms with E-state index in [2.05, 4.69) is 30.4 Å². The van der Waals surface area contributed by atoms with Gasteiger partial charge in [0, 0.05) is 35.9 Å². The van der Waals surface area contributed by atoms with E-state index in [1.165, 1.54) is 37.0 Å². The van der Waals surface area contributed by atoms with Crippen LogP contribution in [0.3, 0.4) is 0 Å². The smallest absolute Gasteiger partial charge is 0.299 e. The Hall–Kier alpha value is -4.96. The summed E-state index contributed by atoms with van der Waals surface area (Å²) in [5.41, 5.74) is 6.12. The predicted molar refractivity (Wildman–Crippen MR) is 269 cm³/mol. The molecule has 6 aromatic rings. The highest BCUT2D eigenvalue weighted by Gasteiger charge is 2.29. The Kier molecular flexibility index (Phi) is 18.8. The molecule has 0 radical (unpaired) electrons. The number of aromatic hydroxyl groups is 1. The molecule has 28 heteroatoms. The first-order chi connectivity index (χ1) is 31.9. The van der Waals surface area contributed by atoms with Gasteiger partial charge in [-0.1, -0.05) is 45.6 Å². The summed E-state index contributed by atoms with van der Waals surface area (Å²) >= 11 is 14.0. The van der Waals surface area contributed by atoms with Gasteiger partial charge in [0.25, 0.3) is 52.9 Å². The van der Waals surface area contributed by atoms with Crippen LogP contribution in [0.25, 0.3) is 0 Å². The number of phenols is 1. The van der Waals surface area contributed by atoms with Crippen molar-refractivity contribution in [2.45, 2.75) is 65.2 Å². The molecular weight excluding hydrogens is 1060 g/mol. The van der Waals surface area contributed by atoms with Gasteiger partial charge in [-0.2, -0.15) is 12.7 Å². The van der Waals surface area contributed by atoms with Crippen LogP contribution in [0.5, 0.6) is 11.5 Å². The number of carbonyl (C=O) groups excluding carboxylic acids is 2. The standard InChI is InChI=1S/C21H25ClN4O5S2.C18H18ClN3O5S2.C2H6ClNO2S/c1-11-9-12(2)18(30-10-26(5)6)13(3)17(11)23-20(27)19-15(7-8-32-19)33(28,29)25-21-16(22)14(4)24-31-21;1-8-7-9(2)15(23)10(3)14(8)20-17(24)16-12(5-6-28-16)29(25,26)22-18-13(19)11(4)21-27-18;1-4(2)7(3,5)6/h7-9,25H,10H2,1-6H3,(H,23,27);5-7,22-23H,1-4H3,(H,20,24);1-2H3. The third kappa shape index (κ3) is 13.9. The number of benzene rings is 2. The van der Waals surface area contributed by atoms with Crippen LogP contribution in [0, 0.1) is 55.4 Å². The van der Waals surface area contributed by atoms with Crippen molar-refractivity contribution >= 4 is 121 Å². The Labute approximate surface area is 422 Å². The monoisotopic (exact) mass is 1110 g/mol. The van der Waals surface area contributed by atoms with Crippen LogP contribution >= 0.6 is 56.6 Å². The maximum absolute atomic E-state index is 13.1. The lowest BCUT2D eigenvalue weighted by Gasteiger charge is -2.20. The minimum Gasteiger partial charge on any atom is -0.507 e. The molecule has 376 valence electrons. The van der Waals surface area contributed by atoms with Gasteiger partial charge in [0.2, 0.25) is 0 Å². The number of anilines is 4. The number of sulfonamides is 2. The van der Waals surface area contributed by atoms with Crippen molar-refractivity contribution in [2.75, 3.05) is 55.0 Å². The molecule has 2 aromatic carbocycles. The number of ether oxygens (including phenoxy) is 1. The number of amides is 2. The zero-order chi connectivity index (χ0) is 52.1. The van der Waals surface area contributed by atoms with E-state index in [1.807, 2.05) is 45.8 Å². The highest BCUT2D eigenvalue weighted by Crippen LogP contribution is 2.36. The van der Waals surface area contributed by atoms with Gasteiger partial charge < -0.3 is 29.5 Å². The zero-order valence-corrected chi connectivity index (χ0v) is 45.4. The molecule has 0 aliphatic heterocycles. The molecule has 5 N–H and O–H groups in total. The van der Waals surface area contributed by atoms with Gasteiger partial charge in [-0.05, 0) is 115 Å². The summed E-state index contributed by atoms with van der Waals surface area (Å²) in [5, 5.41) is 26.0. The first-order valence-corrected chi connectivity index (χ1v) is 27.5. The Balaban J connectivity index is 0.000000266. The van der Waals surface area contributed by atoms with Crippen molar-refractivity contribution in [3.8, 4) is 11.5 Å². The van der Waals surface area contributed by atoms with Crippen LogP contribution in [0.1, 0.15) is 64.1 Å². The Bertz CT molecular complexity index is 3220. The third-order valence-electron chi connectivity index (χ3n) is 9.50. The zero-order valence-electron chi connectivity index (χ0n) is 39.1. The number of phenolic OH excluding ortho intramolecular Hbond substituents is 1. The number of hydrogen-bond acceptors (Lipinski definition) is 17. The molecule has 0 aliphatic rings. The molecule has 2 amide bonds. The lowest BCUT2D eigenvalue weighted by atomic mass is 10.0. The highest BCUT2D eigenvalue weighted by atomic mass is 35.7. The second-order valence-corrected chi connectivity index (χ2v) is 24.1. The minimum absolute atomic E-state index is 0.0185. The summed E-state index contributed by atoms with van der Waals surface area (Å²) in [6, 6.07) is 6.31. The molecule has 0 spiro atoms. The number of aryl methyl sites for hydroxylation is 6. The number of nitrogens with one attached hydrogen (secondary N) is 4. The van der Waals surface area contributed by atoms with Gasteiger partial charge in [0.1, 0.15) is 59.2 Å². The molecule has 20 nitrogen and oxygen atoms in total. The van der Waals surface area contributed by atoms with E-state index < -0.39 is 41.1 Å². The lowest BCUT2D eigenvalue weighted by Crippen LogP contribution is -2.21. The predicted octanol–water partition coefficient (Wildman–Crippen LogP) is 8.99. The minimum atomic E-state index is -4.15. The van der Waals surface area contributed by atoms with E-state index in [0.29, 0.717) is 46.4 Å². The van der Waals surface area contributed by atoms with Crippen molar-refractivity contribution in [3.05, 3.63) is 99.6 Å². The molecule has 0 saturated carbocycles. The number of carbonyl (C=O) groups is 2. The van der Waals surface area contributed by atoms with Crippen molar-refractivity contribution in [1.82, 2.24) is 19.5 Å². The quantitative estimate of drug-likeness (QED) is 0.0503. The van der Waals surface area contributed by atoms with Gasteiger partial charge >= 0.3 is 0 Å². The summed E-state index contributed by atoms with van der Waals surface area (Å²) in [6.45, 7) is 14.4. The number of thiophene rings is 2. The molecule has 0 unspecified atom stereocenters. The molecular formula is C41H49Cl3N8O12S5. The molecule has 4 heterocycles. The molecule has 0 bridgehead atoms. The number of halogens is 3. The normalized spacial score (nSPS) is 11.7. The average Bonchev–Trinajstić information content (AvgIpc) is 4.07. The van der Waals surface area contributed by atoms with E-state index in [1.54, 1.807) is 40.7 Å². The Morgan fingerprint density at radius 2 is 1.07 bits per heavy atom. The highest BCUT2D eigenvalue weighted by molar-refractivity contribution is 8.11. The number of aromatic nitrogens is 2. The average molecular weight is 1110 g/mol. The first-order valence-electron chi connectivity index (χ1n) is 19.8. The third-order valence-corrected chi connectivity index (χ3v) is 16.9. The second kappa shape index (κ2) is 22.9. The maximum Gasteiger partial charge on any atom is 0.299 e. The van der Waals surface area contributed by atoms with E-state index in [-0.39, 0.29) is 47.1 Å². The van der Waals surface area contributed by atoms with Crippen molar-refractivity contribution in [1.29, 1.82) is 0 Å². The van der Waals surface area contributed by atoms with Gasteiger partial charge in [0.15, 0.2) is 0 Å². The fourth-order valence-corrected chi connectivity index (χ4v) is 11.0. The van der Waals surface area contributed by atoms with E-state index in [4.69, 9.17) is 47.7 Å². The van der Waals surface area contributed by atoms with Crippen LogP contribution in [0.15, 0.2) is 53.9 Å². The molecule has 0 fully saturated rings. The fourth-order valence-electron chi connectivity index (χ4n) is 6.03. The molecule has 0 atom stereocenters. The number of rotatable bonds is 14. The molecule has 4 aromatic heterocycles. The van der Waals surface area contributed by atoms with E-state index >= 15 is 0 Å². The summed E-state index contributed by atoms with van der Waals surface area (Å²) in [5.74, 6) is -0.868. The summed E-state index contributed by atoms with van der Waals surface area (Å²) in [4.78, 5) is 27.4. The van der Waals surface area contributed by atoms with Crippen LogP contribution in [-0.4, -0.2) is 96.6 Å². The Morgan fingerprint density at radius 1 is 0.681 bits per heavy atom. The second-order valence-electron chi connectivity index (χ2n) is 15.4. The van der Waals surface area contributed by atoms with E-state index in [9.17, 15) is 39.9 Å². The van der Waals surface area contributed by atoms with Crippen LogP contribution in [-0.2, 0) is 29.3 Å². The topological polar surface area (TPSA) is 273 Å². The van der Waals surface area contributed by atoms with Crippen LogP contribution < -0.4 is 24.8 Å². The van der Waals surface area contributed by atoms with Gasteiger partial charge in [-0.15, -0.1) is 22.7 Å². The molecule has 0 aliphatic carbocycles. The van der Waals surface area contributed by atoms with Gasteiger partial charge in [0.05, 0.1) is 11.4 Å². The van der Waals surface area contributed by atoms with Crippen LogP contribution in [0.4, 0.5) is 23.1 Å². The van der Waals surface area contributed by atoms with Crippen LogP contribution in [0.2, 0.25) is 10.0 Å². The largest absolute Gasteiger partial charge is 0.507 e. The molecule has 6 rings (SSSR count). The van der Waals surface area contributed by atoms with Crippen molar-refractivity contribution < 1.29 is 53.7 Å². The molecule has 69 heavy (non-hydrogen) atoms. The van der Waals surface area contributed by atoms with Crippen molar-refractivity contribution in [3.63, 3.8) is 0 Å². The summed E-state index contributed by atoms with van der Waals surface area (Å²) in [7, 11) is -0.461.